The van der Waals surface area contributed by atoms with Gasteiger partial charge in [0, 0.05) is 24.2 Å². The smallest absolute Gasteiger partial charge is 0.455 e. The van der Waals surface area contributed by atoms with Gasteiger partial charge in [0.2, 0.25) is 11.8 Å². The molecule has 0 saturated carbocycles. The number of likely N-dealkylation sites (tertiary alicyclic amines) is 1. The van der Waals surface area contributed by atoms with Crippen LogP contribution in [0.4, 0.5) is 0 Å². The van der Waals surface area contributed by atoms with Crippen LogP contribution in [0.3, 0.4) is 0 Å². The summed E-state index contributed by atoms with van der Waals surface area (Å²) in [6.45, 7) is 0.351. The summed E-state index contributed by atoms with van der Waals surface area (Å²) in [5, 5.41) is 21.2. The molecule has 0 radical (unpaired) electrons. The van der Waals surface area contributed by atoms with E-state index in [0.29, 0.717) is 31.4 Å². The third-order valence-electron chi connectivity index (χ3n) is 7.99. The number of methoxy groups -OCH3 is 1. The lowest BCUT2D eigenvalue weighted by Crippen LogP contribution is -2.46. The van der Waals surface area contributed by atoms with E-state index in [1.807, 2.05) is 42.5 Å². The van der Waals surface area contributed by atoms with Crippen LogP contribution in [-0.2, 0) is 19.0 Å². The predicted molar refractivity (Wildman–Crippen MR) is 149 cm³/mol. The average Bonchev–Trinajstić information content (AvgIpc) is 3.12. The molecule has 0 aromatic heterocycles. The maximum Gasteiger partial charge on any atom is 0.455 e. The molecular weight excluding hydrogens is 549 g/mol. The highest BCUT2D eigenvalue weighted by Crippen LogP contribution is 2.50. The molecule has 0 bridgehead atoms. The zero-order valence-electron chi connectivity index (χ0n) is 21.5. The number of halogens is 1. The number of allylic oxidation sites excluding steroid dienone is 1. The van der Waals surface area contributed by atoms with E-state index < -0.39 is 25.1 Å². The van der Waals surface area contributed by atoms with Crippen LogP contribution in [0.2, 0.25) is 6.32 Å². The Morgan fingerprint density at radius 2 is 1.95 bits per heavy atom. The zero-order valence-corrected chi connectivity index (χ0v) is 23.1. The lowest BCUT2D eigenvalue weighted by Gasteiger charge is -2.43. The van der Waals surface area contributed by atoms with Crippen LogP contribution >= 0.6 is 15.9 Å². The number of phenolic OH excluding ortho intramolecular Hbond substituents is 1. The largest absolute Gasteiger partial charge is 0.507 e. The molecule has 3 aliphatic rings. The maximum absolute atomic E-state index is 13.1. The van der Waals surface area contributed by atoms with Crippen molar-refractivity contribution in [2.45, 2.75) is 31.7 Å². The summed E-state index contributed by atoms with van der Waals surface area (Å²) in [7, 11) is 2.14. The third kappa shape index (κ3) is 5.12. The molecule has 2 N–H and O–H groups in total. The van der Waals surface area contributed by atoms with Crippen molar-refractivity contribution in [1.29, 1.82) is 0 Å². The molecule has 2 fully saturated rings. The Balaban J connectivity index is 1.49. The number of rotatable bonds is 7. The third-order valence-corrected chi connectivity index (χ3v) is 8.48. The summed E-state index contributed by atoms with van der Waals surface area (Å²) in [5.74, 6) is -1.33. The fourth-order valence-electron chi connectivity index (χ4n) is 6.30. The second-order valence-electron chi connectivity index (χ2n) is 10.3. The van der Waals surface area contributed by atoms with Crippen molar-refractivity contribution in [3.63, 3.8) is 0 Å². The quantitative estimate of drug-likeness (QED) is 0.216. The number of imide groups is 1. The predicted octanol–water partition coefficient (Wildman–Crippen LogP) is 4.55. The molecule has 2 saturated heterocycles. The Labute approximate surface area is 231 Å². The van der Waals surface area contributed by atoms with Crippen LogP contribution in [-0.4, -0.2) is 60.8 Å². The van der Waals surface area contributed by atoms with Gasteiger partial charge >= 0.3 is 7.12 Å². The molecule has 7 nitrogen and oxygen atoms in total. The van der Waals surface area contributed by atoms with Gasteiger partial charge in [0.25, 0.3) is 0 Å². The van der Waals surface area contributed by atoms with Gasteiger partial charge in [-0.15, -0.1) is 0 Å². The van der Waals surface area contributed by atoms with Gasteiger partial charge in [0.15, 0.2) is 0 Å². The fraction of sp³-hybridized carbons (Fsp3) is 0.379. The van der Waals surface area contributed by atoms with Crippen LogP contribution < -0.4 is 0 Å². The number of hydrogen-bond acceptors (Lipinski definition) is 6. The second-order valence-corrected chi connectivity index (χ2v) is 11.2. The molecule has 0 unspecified atom stereocenters. The number of phenols is 1. The first-order valence-electron chi connectivity index (χ1n) is 12.9. The first kappa shape index (κ1) is 26.9. The van der Waals surface area contributed by atoms with Crippen molar-refractivity contribution in [3.05, 3.63) is 75.3 Å². The van der Waals surface area contributed by atoms with Gasteiger partial charge in [0.05, 0.1) is 24.5 Å². The Morgan fingerprint density at radius 1 is 1.18 bits per heavy atom. The van der Waals surface area contributed by atoms with Gasteiger partial charge < -0.3 is 19.5 Å². The lowest BCUT2D eigenvalue weighted by molar-refractivity contribution is -0.138. The molecule has 5 rings (SSSR count). The van der Waals surface area contributed by atoms with E-state index in [0.717, 1.165) is 26.8 Å². The Kier molecular flexibility index (Phi) is 7.91. The molecular formula is C29H31BBrNO6. The highest BCUT2D eigenvalue weighted by atomic mass is 79.9. The van der Waals surface area contributed by atoms with Crippen LogP contribution in [0, 0.1) is 17.8 Å². The van der Waals surface area contributed by atoms with Crippen molar-refractivity contribution in [3.8, 4) is 5.75 Å². The van der Waals surface area contributed by atoms with Gasteiger partial charge in [0.1, 0.15) is 5.75 Å². The topological polar surface area (TPSA) is 96.3 Å². The Morgan fingerprint density at radius 3 is 2.68 bits per heavy atom. The molecule has 38 heavy (non-hydrogen) atoms. The second kappa shape index (κ2) is 11.2. The minimum absolute atomic E-state index is 0.159. The molecule has 2 aromatic carbocycles. The summed E-state index contributed by atoms with van der Waals surface area (Å²) in [5.41, 5.74) is 4.70. The molecule has 9 heteroatoms. The maximum atomic E-state index is 13.1. The van der Waals surface area contributed by atoms with Gasteiger partial charge in [-0.2, -0.15) is 0 Å². The van der Waals surface area contributed by atoms with Gasteiger partial charge in [-0.05, 0) is 78.1 Å². The molecule has 2 aromatic rings. The molecule has 1 aliphatic carbocycles. The molecule has 198 valence electrons. The number of benzene rings is 2. The SMILES string of the molecule is COCC1=C2[C@@H](CC/C(=C/c3cc(Br)ccc3O)c3ccccc3)OB(O)C[C@@H]2[C@@H]2C(=O)N(C)C(=O)[C@@H]2C1. The number of carbonyl (C=O) groups is 2. The fourth-order valence-corrected chi connectivity index (χ4v) is 6.67. The molecule has 4 atom stereocenters. The summed E-state index contributed by atoms with van der Waals surface area (Å²) >= 11 is 3.48. The van der Waals surface area contributed by atoms with Crippen LogP contribution in [0.15, 0.2) is 64.1 Å². The van der Waals surface area contributed by atoms with Crippen molar-refractivity contribution in [2.24, 2.45) is 17.8 Å². The van der Waals surface area contributed by atoms with Gasteiger partial charge in [-0.1, -0.05) is 46.3 Å². The number of nitrogens with zero attached hydrogens (tertiary/aromatic N) is 1. The van der Waals surface area contributed by atoms with Gasteiger partial charge in [-0.3, -0.25) is 14.5 Å². The molecule has 2 amide bonds. The van der Waals surface area contributed by atoms with E-state index in [1.54, 1.807) is 26.3 Å². The minimum Gasteiger partial charge on any atom is -0.507 e. The number of carbonyl (C=O) groups excluding carboxylic acids is 2. The Bertz CT molecular complexity index is 1300. The number of hydrogen-bond donors (Lipinski definition) is 2. The highest BCUT2D eigenvalue weighted by molar-refractivity contribution is 9.10. The molecule has 2 heterocycles. The number of aromatic hydroxyl groups is 1. The van der Waals surface area contributed by atoms with Crippen LogP contribution in [0.5, 0.6) is 5.75 Å². The molecule has 0 spiro atoms. The zero-order chi connectivity index (χ0) is 27.0. The minimum atomic E-state index is -1.02. The van der Waals surface area contributed by atoms with E-state index in [4.69, 9.17) is 9.39 Å². The number of ether oxygens (including phenoxy) is 1. The first-order chi connectivity index (χ1) is 18.3. The van der Waals surface area contributed by atoms with E-state index in [2.05, 4.69) is 15.9 Å². The van der Waals surface area contributed by atoms with Crippen molar-refractivity contribution < 1.29 is 29.1 Å². The average molecular weight is 580 g/mol. The van der Waals surface area contributed by atoms with Gasteiger partial charge in [-0.25, -0.2) is 0 Å². The number of fused-ring (bicyclic) bond motifs is 3. The Hall–Kier alpha value is -2.72. The van der Waals surface area contributed by atoms with E-state index >= 15 is 0 Å². The van der Waals surface area contributed by atoms with E-state index in [1.165, 1.54) is 4.90 Å². The summed E-state index contributed by atoms with van der Waals surface area (Å²) in [6.07, 6.45) is 3.45. The van der Waals surface area contributed by atoms with Crippen molar-refractivity contribution in [2.75, 3.05) is 20.8 Å². The summed E-state index contributed by atoms with van der Waals surface area (Å²) in [4.78, 5) is 27.2. The monoisotopic (exact) mass is 579 g/mol. The van der Waals surface area contributed by atoms with Crippen molar-refractivity contribution >= 4 is 46.5 Å². The summed E-state index contributed by atoms with van der Waals surface area (Å²) in [6, 6.07) is 15.3. The summed E-state index contributed by atoms with van der Waals surface area (Å²) < 4.78 is 12.5. The van der Waals surface area contributed by atoms with E-state index in [9.17, 15) is 19.7 Å². The van der Waals surface area contributed by atoms with Crippen LogP contribution in [0.25, 0.3) is 11.6 Å². The normalized spacial score (nSPS) is 25.6. The first-order valence-corrected chi connectivity index (χ1v) is 13.7. The van der Waals surface area contributed by atoms with Crippen LogP contribution in [0.1, 0.15) is 30.4 Å². The molecule has 2 aliphatic heterocycles. The highest BCUT2D eigenvalue weighted by Gasteiger charge is 2.56. The lowest BCUT2D eigenvalue weighted by atomic mass is 9.58. The number of amides is 2. The standard InChI is InChI=1S/C29H31BBrNO6/c1-32-28(34)22-14-20(16-37-2)26-23(27(22)29(32)35)15-30(36)38-25(26)11-8-18(17-6-4-3-5-7-17)12-19-13-21(31)9-10-24(19)33/h3-7,9-10,12-13,22-23,25,27,33,36H,8,11,14-16H2,1-2H3/b18-12-/t22-,23+,25-,27-/m1/s1. The van der Waals surface area contributed by atoms with Crippen molar-refractivity contribution in [1.82, 2.24) is 4.90 Å². The van der Waals surface area contributed by atoms with E-state index in [-0.39, 0.29) is 29.8 Å².